The smallest absolute Gasteiger partial charge is 0.274 e. The Morgan fingerprint density at radius 3 is 2.96 bits per heavy atom. The van der Waals surface area contributed by atoms with E-state index in [1.54, 1.807) is 23.6 Å². The molecule has 9 heteroatoms. The van der Waals surface area contributed by atoms with Gasteiger partial charge in [0.05, 0.1) is 36.5 Å². The Labute approximate surface area is 154 Å². The predicted octanol–water partition coefficient (Wildman–Crippen LogP) is 1.79. The summed E-state index contributed by atoms with van der Waals surface area (Å²) < 4.78 is 21.2. The van der Waals surface area contributed by atoms with Gasteiger partial charge in [-0.2, -0.15) is 0 Å². The van der Waals surface area contributed by atoms with Crippen LogP contribution in [0.15, 0.2) is 43.2 Å². The summed E-state index contributed by atoms with van der Waals surface area (Å²) in [5, 5.41) is 0. The van der Waals surface area contributed by atoms with Crippen molar-refractivity contribution in [2.24, 2.45) is 0 Å². The average Bonchev–Trinajstić information content (AvgIpc) is 3.16. The SMILES string of the molecule is Cc1cnc(C(=O)N2Cc3cncn3[C@@H](COc3ncccc3F)C2)cn1. The van der Waals surface area contributed by atoms with Crippen LogP contribution < -0.4 is 4.74 Å². The molecule has 0 bridgehead atoms. The first-order valence-electron chi connectivity index (χ1n) is 8.44. The largest absolute Gasteiger partial charge is 0.473 e. The van der Waals surface area contributed by atoms with Crippen LogP contribution in [-0.2, 0) is 6.54 Å². The summed E-state index contributed by atoms with van der Waals surface area (Å²) in [4.78, 5) is 30.8. The van der Waals surface area contributed by atoms with Gasteiger partial charge >= 0.3 is 0 Å². The number of rotatable bonds is 4. The summed E-state index contributed by atoms with van der Waals surface area (Å²) in [6, 6.07) is 2.57. The third kappa shape index (κ3) is 3.48. The van der Waals surface area contributed by atoms with Crippen LogP contribution in [0.2, 0.25) is 0 Å². The molecule has 1 aliphatic rings. The fraction of sp³-hybridized carbons (Fsp3) is 0.278. The standard InChI is InChI=1S/C18H17FN6O2/c1-12-5-23-16(7-22-12)18(26)24-8-13-6-20-11-25(13)14(9-24)10-27-17-15(19)3-2-4-21-17/h2-7,11,14H,8-10H2,1H3/t14-/m1/s1. The number of carbonyl (C=O) groups excluding carboxylic acids is 1. The zero-order valence-corrected chi connectivity index (χ0v) is 14.6. The lowest BCUT2D eigenvalue weighted by molar-refractivity contribution is 0.0637. The van der Waals surface area contributed by atoms with E-state index in [1.165, 1.54) is 24.5 Å². The number of halogens is 1. The molecule has 3 aromatic heterocycles. The third-order valence-electron chi connectivity index (χ3n) is 4.35. The summed E-state index contributed by atoms with van der Waals surface area (Å²) in [7, 11) is 0. The van der Waals surface area contributed by atoms with Gasteiger partial charge in [0.1, 0.15) is 12.3 Å². The highest BCUT2D eigenvalue weighted by molar-refractivity contribution is 5.92. The molecule has 0 radical (unpaired) electrons. The first kappa shape index (κ1) is 17.1. The molecule has 0 fully saturated rings. The van der Waals surface area contributed by atoms with E-state index in [0.29, 0.717) is 13.1 Å². The van der Waals surface area contributed by atoms with E-state index in [-0.39, 0.29) is 30.1 Å². The van der Waals surface area contributed by atoms with Gasteiger partial charge in [-0.05, 0) is 19.1 Å². The number of carbonyl (C=O) groups is 1. The third-order valence-corrected chi connectivity index (χ3v) is 4.35. The lowest BCUT2D eigenvalue weighted by Gasteiger charge is -2.34. The van der Waals surface area contributed by atoms with E-state index in [0.717, 1.165) is 11.4 Å². The lowest BCUT2D eigenvalue weighted by atomic mass is 10.2. The van der Waals surface area contributed by atoms with Crippen molar-refractivity contribution in [3.05, 3.63) is 66.1 Å². The van der Waals surface area contributed by atoms with Crippen LogP contribution in [0.25, 0.3) is 0 Å². The molecule has 1 aliphatic heterocycles. The highest BCUT2D eigenvalue weighted by atomic mass is 19.1. The molecule has 138 valence electrons. The Hall–Kier alpha value is -3.36. The number of fused-ring (bicyclic) bond motifs is 1. The molecule has 4 rings (SSSR count). The Morgan fingerprint density at radius 1 is 1.30 bits per heavy atom. The van der Waals surface area contributed by atoms with E-state index in [1.807, 2.05) is 11.5 Å². The average molecular weight is 368 g/mol. The van der Waals surface area contributed by atoms with E-state index >= 15 is 0 Å². The minimum absolute atomic E-state index is 0.0629. The zero-order valence-electron chi connectivity index (χ0n) is 14.6. The van der Waals surface area contributed by atoms with Gasteiger partial charge in [-0.1, -0.05) is 0 Å². The minimum Gasteiger partial charge on any atom is -0.473 e. The van der Waals surface area contributed by atoms with Crippen LogP contribution in [0.5, 0.6) is 5.88 Å². The van der Waals surface area contributed by atoms with Crippen molar-refractivity contribution in [2.75, 3.05) is 13.2 Å². The van der Waals surface area contributed by atoms with Crippen LogP contribution >= 0.6 is 0 Å². The van der Waals surface area contributed by atoms with Crippen molar-refractivity contribution in [1.82, 2.24) is 29.4 Å². The molecule has 0 saturated carbocycles. The molecular formula is C18H17FN6O2. The Kier molecular flexibility index (Phi) is 4.49. The Morgan fingerprint density at radius 2 is 2.19 bits per heavy atom. The summed E-state index contributed by atoms with van der Waals surface area (Å²) >= 11 is 0. The highest BCUT2D eigenvalue weighted by Gasteiger charge is 2.30. The van der Waals surface area contributed by atoms with Gasteiger partial charge in [-0.15, -0.1) is 0 Å². The number of pyridine rings is 1. The molecule has 0 unspecified atom stereocenters. The minimum atomic E-state index is -0.526. The van der Waals surface area contributed by atoms with Gasteiger partial charge in [0.25, 0.3) is 5.91 Å². The second-order valence-corrected chi connectivity index (χ2v) is 6.28. The van der Waals surface area contributed by atoms with E-state index in [4.69, 9.17) is 4.74 Å². The predicted molar refractivity (Wildman–Crippen MR) is 92.5 cm³/mol. The summed E-state index contributed by atoms with van der Waals surface area (Å²) in [5.74, 6) is -0.807. The maximum atomic E-state index is 13.8. The van der Waals surface area contributed by atoms with Gasteiger partial charge < -0.3 is 14.2 Å². The number of hydrogen-bond donors (Lipinski definition) is 0. The summed E-state index contributed by atoms with van der Waals surface area (Å²) in [6.07, 6.45) is 7.89. The van der Waals surface area contributed by atoms with Crippen molar-refractivity contribution in [3.63, 3.8) is 0 Å². The van der Waals surface area contributed by atoms with Crippen LogP contribution in [-0.4, -0.2) is 48.5 Å². The number of imidazole rings is 1. The van der Waals surface area contributed by atoms with Gasteiger partial charge in [0.15, 0.2) is 5.82 Å². The van der Waals surface area contributed by atoms with E-state index < -0.39 is 5.82 Å². The van der Waals surface area contributed by atoms with Gasteiger partial charge in [-0.3, -0.25) is 9.78 Å². The monoisotopic (exact) mass is 368 g/mol. The summed E-state index contributed by atoms with van der Waals surface area (Å²) in [6.45, 7) is 2.75. The van der Waals surface area contributed by atoms with Crippen LogP contribution in [0, 0.1) is 12.7 Å². The molecule has 4 heterocycles. The molecule has 3 aromatic rings. The van der Waals surface area contributed by atoms with E-state index in [2.05, 4.69) is 19.9 Å². The highest BCUT2D eigenvalue weighted by Crippen LogP contribution is 2.23. The number of aryl methyl sites for hydroxylation is 1. The molecule has 0 N–H and O–H groups in total. The molecule has 0 aliphatic carbocycles. The quantitative estimate of drug-likeness (QED) is 0.698. The number of hydrogen-bond acceptors (Lipinski definition) is 6. The van der Waals surface area contributed by atoms with Crippen LogP contribution in [0.4, 0.5) is 4.39 Å². The van der Waals surface area contributed by atoms with Crippen molar-refractivity contribution < 1.29 is 13.9 Å². The molecule has 0 aromatic carbocycles. The topological polar surface area (TPSA) is 86.0 Å². The first-order valence-corrected chi connectivity index (χ1v) is 8.44. The number of nitrogens with zero attached hydrogens (tertiary/aromatic N) is 6. The zero-order chi connectivity index (χ0) is 18.8. The van der Waals surface area contributed by atoms with Crippen LogP contribution in [0.1, 0.15) is 27.9 Å². The normalized spacial score (nSPS) is 16.1. The molecule has 1 amide bonds. The Bertz CT molecular complexity index is 958. The fourth-order valence-electron chi connectivity index (χ4n) is 2.99. The molecular weight excluding hydrogens is 351 g/mol. The van der Waals surface area contributed by atoms with Crippen molar-refractivity contribution in [3.8, 4) is 5.88 Å². The number of amides is 1. The van der Waals surface area contributed by atoms with Crippen molar-refractivity contribution in [1.29, 1.82) is 0 Å². The molecule has 0 saturated heterocycles. The molecule has 0 spiro atoms. The fourth-order valence-corrected chi connectivity index (χ4v) is 2.99. The second kappa shape index (κ2) is 7.10. The lowest BCUT2D eigenvalue weighted by Crippen LogP contribution is -2.42. The number of aromatic nitrogens is 5. The summed E-state index contributed by atoms with van der Waals surface area (Å²) in [5.41, 5.74) is 1.89. The molecule has 27 heavy (non-hydrogen) atoms. The molecule has 8 nitrogen and oxygen atoms in total. The van der Waals surface area contributed by atoms with Crippen molar-refractivity contribution in [2.45, 2.75) is 19.5 Å². The maximum absolute atomic E-state index is 13.8. The van der Waals surface area contributed by atoms with Gasteiger partial charge in [0.2, 0.25) is 5.88 Å². The first-order chi connectivity index (χ1) is 13.1. The van der Waals surface area contributed by atoms with Crippen molar-refractivity contribution >= 4 is 5.91 Å². The van der Waals surface area contributed by atoms with Crippen LogP contribution in [0.3, 0.4) is 0 Å². The maximum Gasteiger partial charge on any atom is 0.274 e. The van der Waals surface area contributed by atoms with Gasteiger partial charge in [-0.25, -0.2) is 19.3 Å². The Balaban J connectivity index is 1.53. The molecule has 1 atom stereocenters. The van der Waals surface area contributed by atoms with Gasteiger partial charge in [0, 0.05) is 25.1 Å². The second-order valence-electron chi connectivity index (χ2n) is 6.28. The van der Waals surface area contributed by atoms with E-state index in [9.17, 15) is 9.18 Å². The number of ether oxygens (including phenoxy) is 1.